The molecule has 11 heteroatoms. The van der Waals surface area contributed by atoms with Gasteiger partial charge in [0.2, 0.25) is 0 Å². The molecule has 0 saturated carbocycles. The molecule has 1 aliphatic heterocycles. The van der Waals surface area contributed by atoms with Crippen LogP contribution < -0.4 is 5.48 Å². The molecule has 6 nitrogen and oxygen atoms in total. The molecule has 1 fully saturated rings. The van der Waals surface area contributed by atoms with E-state index in [-0.39, 0.29) is 11.7 Å². The number of alkyl halides is 3. The Morgan fingerprint density at radius 3 is 2.30 bits per heavy atom. The van der Waals surface area contributed by atoms with Crippen molar-refractivity contribution in [1.29, 1.82) is 0 Å². The molecule has 1 aliphatic rings. The third-order valence-electron chi connectivity index (χ3n) is 5.39. The van der Waals surface area contributed by atoms with Crippen molar-refractivity contribution < 1.29 is 31.7 Å². The Bertz CT molecular complexity index is 952. The Kier molecular flexibility index (Phi) is 8.57. The maximum absolute atomic E-state index is 13.0. The maximum Gasteiger partial charge on any atom is 0.416 e. The molecule has 1 amide bonds. The predicted octanol–water partition coefficient (Wildman–Crippen LogP) is 4.36. The van der Waals surface area contributed by atoms with Gasteiger partial charge in [-0.15, -0.1) is 11.8 Å². The van der Waals surface area contributed by atoms with Crippen LogP contribution in [0.25, 0.3) is 0 Å². The summed E-state index contributed by atoms with van der Waals surface area (Å²) in [7, 11) is 0. The standard InChI is InChI=1S/C22H25F3N2O4S2/c1-21(20(28)26-29,15-16-5-3-2-4-6-16)33(30)31-27-13-11-19(12-14-27)32-18-9-7-17(8-10-18)22(23,24)25/h2-10,19,29H,11-15H2,1H3,(H,26,28). The summed E-state index contributed by atoms with van der Waals surface area (Å²) >= 11 is -0.573. The van der Waals surface area contributed by atoms with Gasteiger partial charge < -0.3 is 0 Å². The molecular formula is C22H25F3N2O4S2. The molecular weight excluding hydrogens is 477 g/mol. The van der Waals surface area contributed by atoms with Crippen LogP contribution in [0.4, 0.5) is 13.2 Å². The van der Waals surface area contributed by atoms with Crippen LogP contribution in [0.5, 0.6) is 0 Å². The average Bonchev–Trinajstić information content (AvgIpc) is 2.80. The highest BCUT2D eigenvalue weighted by Crippen LogP contribution is 2.34. The quantitative estimate of drug-likeness (QED) is 0.413. The number of carbonyl (C=O) groups excluding carboxylic acids is 1. The Labute approximate surface area is 197 Å². The van der Waals surface area contributed by atoms with E-state index in [0.29, 0.717) is 25.9 Å². The first-order chi connectivity index (χ1) is 15.6. The van der Waals surface area contributed by atoms with Crippen molar-refractivity contribution in [3.63, 3.8) is 0 Å². The van der Waals surface area contributed by atoms with Crippen LogP contribution in [0.1, 0.15) is 30.9 Å². The number of carbonyl (C=O) groups is 1. The zero-order valence-electron chi connectivity index (χ0n) is 17.9. The number of hydroxylamine groups is 3. The van der Waals surface area contributed by atoms with Crippen LogP contribution in [-0.2, 0) is 32.8 Å². The monoisotopic (exact) mass is 502 g/mol. The van der Waals surface area contributed by atoms with Crippen LogP contribution in [0.2, 0.25) is 0 Å². The van der Waals surface area contributed by atoms with Crippen LogP contribution in [-0.4, -0.2) is 43.5 Å². The lowest BCUT2D eigenvalue weighted by Gasteiger charge is -2.33. The molecule has 2 unspecified atom stereocenters. The lowest BCUT2D eigenvalue weighted by atomic mass is 10.00. The summed E-state index contributed by atoms with van der Waals surface area (Å²) in [5.74, 6) is -0.808. The van der Waals surface area contributed by atoms with Crippen LogP contribution in [0.15, 0.2) is 59.5 Å². The van der Waals surface area contributed by atoms with Crippen molar-refractivity contribution in [3.05, 3.63) is 65.7 Å². The second kappa shape index (κ2) is 11.0. The number of nitrogens with one attached hydrogen (secondary N) is 1. The highest BCUT2D eigenvalue weighted by molar-refractivity contribution is 8.00. The summed E-state index contributed by atoms with van der Waals surface area (Å²) in [6, 6.07) is 14.1. The van der Waals surface area contributed by atoms with Crippen molar-refractivity contribution in [3.8, 4) is 0 Å². The second-order valence-corrected chi connectivity index (χ2v) is 10.8. The van der Waals surface area contributed by atoms with Gasteiger partial charge in [-0.2, -0.15) is 22.5 Å². The van der Waals surface area contributed by atoms with Gasteiger partial charge >= 0.3 is 6.18 Å². The number of piperidine rings is 1. The van der Waals surface area contributed by atoms with E-state index in [0.717, 1.165) is 22.6 Å². The largest absolute Gasteiger partial charge is 0.416 e. The summed E-state index contributed by atoms with van der Waals surface area (Å²) < 4.78 is 55.2. The summed E-state index contributed by atoms with van der Waals surface area (Å²) in [6.07, 6.45) is -2.91. The SMILES string of the molecule is CC(Cc1ccccc1)(C(=O)NO)S(=O)ON1CCC(Sc2ccc(C(F)(F)F)cc2)CC1. The zero-order chi connectivity index (χ0) is 24.1. The molecule has 0 spiro atoms. The number of hydrogen-bond acceptors (Lipinski definition) is 6. The molecule has 0 radical (unpaired) electrons. The minimum Gasteiger partial charge on any atom is -0.289 e. The zero-order valence-corrected chi connectivity index (χ0v) is 19.5. The Morgan fingerprint density at radius 2 is 1.76 bits per heavy atom. The fourth-order valence-corrected chi connectivity index (χ4v) is 5.55. The summed E-state index contributed by atoms with van der Waals surface area (Å²) in [4.78, 5) is 13.1. The first-order valence-electron chi connectivity index (χ1n) is 10.3. The molecule has 2 aromatic rings. The van der Waals surface area contributed by atoms with Gasteiger partial charge in [-0.05, 0) is 49.6 Å². The van der Waals surface area contributed by atoms with E-state index in [2.05, 4.69) is 0 Å². The molecule has 0 aromatic heterocycles. The van der Waals surface area contributed by atoms with Gasteiger partial charge in [-0.3, -0.25) is 10.0 Å². The summed E-state index contributed by atoms with van der Waals surface area (Å²) in [5, 5.41) is 10.9. The fraction of sp³-hybridized carbons (Fsp3) is 0.409. The average molecular weight is 503 g/mol. The van der Waals surface area contributed by atoms with E-state index in [1.165, 1.54) is 35.9 Å². The highest BCUT2D eigenvalue weighted by Gasteiger charge is 2.43. The fourth-order valence-electron chi connectivity index (χ4n) is 3.44. The third-order valence-corrected chi connectivity index (χ3v) is 8.15. The number of hydrogen-bond donors (Lipinski definition) is 2. The summed E-state index contributed by atoms with van der Waals surface area (Å²) in [5.41, 5.74) is 1.68. The van der Waals surface area contributed by atoms with E-state index in [1.54, 1.807) is 29.7 Å². The number of rotatable bonds is 8. The van der Waals surface area contributed by atoms with Gasteiger partial charge in [0.25, 0.3) is 5.91 Å². The first kappa shape index (κ1) is 25.7. The predicted molar refractivity (Wildman–Crippen MR) is 120 cm³/mol. The molecule has 180 valence electrons. The highest BCUT2D eigenvalue weighted by atomic mass is 32.2. The van der Waals surface area contributed by atoms with Crippen molar-refractivity contribution in [1.82, 2.24) is 10.5 Å². The van der Waals surface area contributed by atoms with E-state index in [1.807, 2.05) is 6.07 Å². The Balaban J connectivity index is 1.55. The smallest absolute Gasteiger partial charge is 0.289 e. The summed E-state index contributed by atoms with van der Waals surface area (Å²) in [6.45, 7) is 2.37. The topological polar surface area (TPSA) is 78.9 Å². The molecule has 0 bridgehead atoms. The number of halogens is 3. The molecule has 0 aliphatic carbocycles. The minimum absolute atomic E-state index is 0.104. The number of nitrogens with zero attached hydrogens (tertiary/aromatic N) is 1. The van der Waals surface area contributed by atoms with Crippen LogP contribution >= 0.6 is 11.8 Å². The molecule has 1 heterocycles. The van der Waals surface area contributed by atoms with Gasteiger partial charge in [-0.1, -0.05) is 30.3 Å². The lowest BCUT2D eigenvalue weighted by Crippen LogP contribution is -2.51. The number of amides is 1. The van der Waals surface area contributed by atoms with Gasteiger partial charge in [0.05, 0.1) is 5.56 Å². The van der Waals surface area contributed by atoms with Crippen molar-refractivity contribution >= 4 is 28.7 Å². The normalized spacial score (nSPS) is 18.5. The van der Waals surface area contributed by atoms with E-state index in [9.17, 15) is 27.4 Å². The van der Waals surface area contributed by atoms with E-state index in [4.69, 9.17) is 4.28 Å². The molecule has 2 atom stereocenters. The van der Waals surface area contributed by atoms with Gasteiger partial charge in [0, 0.05) is 29.7 Å². The van der Waals surface area contributed by atoms with Crippen LogP contribution in [0.3, 0.4) is 0 Å². The third kappa shape index (κ3) is 6.80. The molecule has 2 N–H and O–H groups in total. The van der Waals surface area contributed by atoms with E-state index < -0.39 is 33.5 Å². The Hall–Kier alpha value is -1.92. The lowest BCUT2D eigenvalue weighted by molar-refractivity contribution is -0.137. The molecule has 2 aromatic carbocycles. The molecule has 3 rings (SSSR count). The van der Waals surface area contributed by atoms with Crippen molar-refractivity contribution in [2.24, 2.45) is 0 Å². The maximum atomic E-state index is 13.0. The van der Waals surface area contributed by atoms with Crippen LogP contribution in [0, 0.1) is 0 Å². The van der Waals surface area contributed by atoms with Gasteiger partial charge in [0.1, 0.15) is 0 Å². The van der Waals surface area contributed by atoms with E-state index >= 15 is 0 Å². The molecule has 33 heavy (non-hydrogen) atoms. The van der Waals surface area contributed by atoms with Crippen molar-refractivity contribution in [2.75, 3.05) is 13.1 Å². The second-order valence-electron chi connectivity index (χ2n) is 7.91. The van der Waals surface area contributed by atoms with Gasteiger partial charge in [0.15, 0.2) is 15.8 Å². The van der Waals surface area contributed by atoms with Crippen molar-refractivity contribution in [2.45, 2.75) is 47.3 Å². The number of benzene rings is 2. The number of thioether (sulfide) groups is 1. The first-order valence-corrected chi connectivity index (χ1v) is 12.2. The molecule has 1 saturated heterocycles. The minimum atomic E-state index is -4.36. The Morgan fingerprint density at radius 1 is 1.15 bits per heavy atom. The van der Waals surface area contributed by atoms with Gasteiger partial charge in [-0.25, -0.2) is 9.69 Å².